The molecule has 0 saturated heterocycles. The van der Waals surface area contributed by atoms with E-state index in [-0.39, 0.29) is 26.4 Å². The molecule has 3 atom stereocenters. The Labute approximate surface area is 278 Å². The third-order valence-corrected chi connectivity index (χ3v) is 5.50. The lowest BCUT2D eigenvalue weighted by Crippen LogP contribution is -2.38. The zero-order valence-electron chi connectivity index (χ0n) is 28.2. The van der Waals surface area contributed by atoms with Crippen LogP contribution >= 0.6 is 0 Å². The van der Waals surface area contributed by atoms with Gasteiger partial charge in [0, 0.05) is 14.2 Å². The van der Waals surface area contributed by atoms with E-state index in [1.807, 2.05) is 0 Å². The molecule has 3 N–H and O–H groups in total. The molecular weight excluding hydrogens is 636 g/mol. The van der Waals surface area contributed by atoms with E-state index < -0.39 is 18.7 Å². The number of aliphatic hydroxyl groups excluding tert-OH is 2. The summed E-state index contributed by atoms with van der Waals surface area (Å²) >= 11 is 0. The fourth-order valence-corrected chi connectivity index (χ4v) is 3.22. The fourth-order valence-electron chi connectivity index (χ4n) is 3.22. The predicted molar refractivity (Wildman–Crippen MR) is 163 cm³/mol. The summed E-state index contributed by atoms with van der Waals surface area (Å²) in [6.45, 7) is 8.84. The maximum Gasteiger partial charge on any atom is 0.209 e. The average molecular weight is 697 g/mol. The van der Waals surface area contributed by atoms with Gasteiger partial charge >= 0.3 is 0 Å². The zero-order valence-corrected chi connectivity index (χ0v) is 28.2. The molecule has 284 valence electrons. The van der Waals surface area contributed by atoms with Crippen molar-refractivity contribution in [2.45, 2.75) is 18.7 Å². The van der Waals surface area contributed by atoms with Crippen LogP contribution in [0.3, 0.4) is 0 Å². The Morgan fingerprint density at radius 2 is 0.660 bits per heavy atom. The molecule has 0 fully saturated rings. The Bertz CT molecular complexity index is 581. The van der Waals surface area contributed by atoms with Gasteiger partial charge in [0.15, 0.2) is 0 Å². The maximum atomic E-state index is 9.54. The monoisotopic (exact) mass is 696 g/mol. The molecule has 0 radical (unpaired) electrons. The first-order valence-electron chi connectivity index (χ1n) is 15.8. The van der Waals surface area contributed by atoms with Crippen molar-refractivity contribution in [3.63, 3.8) is 0 Å². The van der Waals surface area contributed by atoms with Gasteiger partial charge in [-0.15, -0.1) is 0 Å². The van der Waals surface area contributed by atoms with Crippen LogP contribution in [0.1, 0.15) is 0 Å². The third-order valence-electron chi connectivity index (χ3n) is 5.50. The summed E-state index contributed by atoms with van der Waals surface area (Å²) in [5.74, 6) is 0. The number of hydrogen-bond donors (Lipinski definition) is 3. The number of methoxy groups -OCH3 is 2. The number of hydrogen-bond acceptors (Lipinski definition) is 18. The summed E-state index contributed by atoms with van der Waals surface area (Å²) in [6.07, 6.45) is -2.74. The zero-order chi connectivity index (χ0) is 34.3. The number of ether oxygens (including phenoxy) is 14. The molecule has 0 rings (SSSR count). The summed E-state index contributed by atoms with van der Waals surface area (Å²) in [6, 6.07) is 0. The van der Waals surface area contributed by atoms with Crippen LogP contribution in [-0.4, -0.2) is 207 Å². The minimum absolute atomic E-state index is 0.0168. The van der Waals surface area contributed by atoms with Gasteiger partial charge in [-0.25, -0.2) is 4.89 Å². The van der Waals surface area contributed by atoms with Crippen LogP contribution < -0.4 is 0 Å². The fraction of sp³-hybridized carbons (Fsp3) is 1.00. The van der Waals surface area contributed by atoms with Crippen LogP contribution in [0.25, 0.3) is 0 Å². The smallest absolute Gasteiger partial charge is 0.209 e. The Morgan fingerprint density at radius 1 is 0.383 bits per heavy atom. The van der Waals surface area contributed by atoms with Crippen LogP contribution in [0.4, 0.5) is 0 Å². The largest absolute Gasteiger partial charge is 0.394 e. The van der Waals surface area contributed by atoms with Gasteiger partial charge in [-0.3, -0.25) is 5.26 Å². The van der Waals surface area contributed by atoms with Crippen LogP contribution in [0.5, 0.6) is 0 Å². The van der Waals surface area contributed by atoms with Crippen molar-refractivity contribution in [1.29, 1.82) is 0 Å². The van der Waals surface area contributed by atoms with E-state index in [4.69, 9.17) is 76.7 Å². The summed E-state index contributed by atoms with van der Waals surface area (Å²) in [7, 11) is 2.85. The van der Waals surface area contributed by atoms with Gasteiger partial charge in [0.1, 0.15) is 12.7 Å². The first kappa shape index (κ1) is 46.3. The van der Waals surface area contributed by atoms with E-state index in [0.717, 1.165) is 0 Å². The highest BCUT2D eigenvalue weighted by Crippen LogP contribution is 2.07. The summed E-state index contributed by atoms with van der Waals surface area (Å²) in [4.78, 5) is 3.86. The molecule has 0 aliphatic heterocycles. The van der Waals surface area contributed by atoms with Crippen LogP contribution in [-0.2, 0) is 71.2 Å². The van der Waals surface area contributed by atoms with Gasteiger partial charge in [0.05, 0.1) is 152 Å². The number of aliphatic hydroxyl groups is 2. The molecule has 0 aromatic carbocycles. The van der Waals surface area contributed by atoms with Crippen LogP contribution in [0.2, 0.25) is 0 Å². The lowest BCUT2D eigenvalue weighted by Gasteiger charge is -2.25. The highest BCUT2D eigenvalue weighted by molar-refractivity contribution is 4.55. The minimum Gasteiger partial charge on any atom is -0.394 e. The molecule has 0 heterocycles. The molecule has 47 heavy (non-hydrogen) atoms. The van der Waals surface area contributed by atoms with E-state index in [1.54, 1.807) is 0 Å². The molecule has 0 aliphatic carbocycles. The normalized spacial score (nSPS) is 13.7. The molecule has 0 saturated carbocycles. The highest BCUT2D eigenvalue weighted by atomic mass is 17.1. The second-order valence-corrected chi connectivity index (χ2v) is 9.21. The first-order chi connectivity index (χ1) is 23.2. The van der Waals surface area contributed by atoms with Gasteiger partial charge < -0.3 is 76.5 Å². The molecular formula is C29H60O18. The quantitative estimate of drug-likeness (QED) is 0.0303. The van der Waals surface area contributed by atoms with E-state index in [9.17, 15) is 5.11 Å². The topological polar surface area (TPSA) is 199 Å². The van der Waals surface area contributed by atoms with Gasteiger partial charge in [0.25, 0.3) is 0 Å². The number of rotatable bonds is 41. The SMILES string of the molecule is COC(OCCOCCOCCOCCOCCOCCOCCOCCOCCOCCOCCO)C(OC)OCC(O)COO. The van der Waals surface area contributed by atoms with Gasteiger partial charge in [-0.1, -0.05) is 0 Å². The molecule has 0 aromatic rings. The second kappa shape index (κ2) is 39.7. The molecule has 0 amide bonds. The van der Waals surface area contributed by atoms with E-state index in [1.165, 1.54) is 14.2 Å². The molecule has 0 bridgehead atoms. The molecule has 0 spiro atoms. The second-order valence-electron chi connectivity index (χ2n) is 9.21. The van der Waals surface area contributed by atoms with Crippen LogP contribution in [0.15, 0.2) is 0 Å². The van der Waals surface area contributed by atoms with Crippen molar-refractivity contribution in [2.75, 3.05) is 173 Å². The van der Waals surface area contributed by atoms with Crippen molar-refractivity contribution in [2.24, 2.45) is 0 Å². The van der Waals surface area contributed by atoms with E-state index in [2.05, 4.69) is 4.89 Å². The Morgan fingerprint density at radius 3 is 0.936 bits per heavy atom. The molecule has 0 aromatic heterocycles. The molecule has 18 nitrogen and oxygen atoms in total. The average Bonchev–Trinajstić information content (AvgIpc) is 3.08. The van der Waals surface area contributed by atoms with Gasteiger partial charge in [0.2, 0.25) is 12.6 Å². The molecule has 0 aliphatic rings. The standard InChI is InChI=1S/C29H60O18/c1-33-28(29(34-2)46-25-27(31)26-47-32)45-24-23-44-22-21-43-20-19-42-18-17-41-16-15-40-14-13-39-12-11-38-10-9-37-8-7-36-6-5-35-4-3-30/h27-32H,3-26H2,1-2H3. The predicted octanol–water partition coefficient (Wildman–Crippen LogP) is -1.03. The Hall–Kier alpha value is -0.720. The summed E-state index contributed by atoms with van der Waals surface area (Å²) in [5, 5.41) is 26.5. The summed E-state index contributed by atoms with van der Waals surface area (Å²) in [5.41, 5.74) is 0. The molecule has 3 unspecified atom stereocenters. The Balaban J connectivity index is 3.27. The van der Waals surface area contributed by atoms with E-state index >= 15 is 0 Å². The minimum atomic E-state index is -1.02. The van der Waals surface area contributed by atoms with Crippen molar-refractivity contribution in [3.8, 4) is 0 Å². The van der Waals surface area contributed by atoms with Crippen molar-refractivity contribution >= 4 is 0 Å². The third kappa shape index (κ3) is 34.9. The highest BCUT2D eigenvalue weighted by Gasteiger charge is 2.23. The van der Waals surface area contributed by atoms with Crippen molar-refractivity contribution in [3.05, 3.63) is 0 Å². The lowest BCUT2D eigenvalue weighted by molar-refractivity contribution is -0.289. The molecule has 18 heteroatoms. The Kier molecular flexibility index (Phi) is 39.1. The van der Waals surface area contributed by atoms with Crippen LogP contribution in [0, 0.1) is 0 Å². The first-order valence-corrected chi connectivity index (χ1v) is 15.8. The van der Waals surface area contributed by atoms with E-state index in [0.29, 0.717) is 132 Å². The summed E-state index contributed by atoms with van der Waals surface area (Å²) < 4.78 is 75.2. The van der Waals surface area contributed by atoms with Crippen molar-refractivity contribution < 1.29 is 86.7 Å². The van der Waals surface area contributed by atoms with Gasteiger partial charge in [-0.2, -0.15) is 0 Å². The lowest BCUT2D eigenvalue weighted by atomic mass is 10.4. The van der Waals surface area contributed by atoms with Gasteiger partial charge in [-0.05, 0) is 0 Å². The maximum absolute atomic E-state index is 9.54. The van der Waals surface area contributed by atoms with Crippen molar-refractivity contribution in [1.82, 2.24) is 0 Å².